The first-order valence-electron chi connectivity index (χ1n) is 8.77. The van der Waals surface area contributed by atoms with Crippen molar-refractivity contribution in [1.29, 1.82) is 0 Å². The van der Waals surface area contributed by atoms with Gasteiger partial charge in [0.25, 0.3) is 11.8 Å². The minimum atomic E-state index is -0.311. The lowest BCUT2D eigenvalue weighted by molar-refractivity contribution is -0.118. The third kappa shape index (κ3) is 5.99. The first-order chi connectivity index (χ1) is 14.0. The first-order valence-corrected chi connectivity index (χ1v) is 9.15. The summed E-state index contributed by atoms with van der Waals surface area (Å²) in [5, 5.41) is 6.03. The summed E-state index contributed by atoms with van der Waals surface area (Å²) in [5.74, 6) is 0.630. The summed E-state index contributed by atoms with van der Waals surface area (Å²) in [6, 6.07) is 20.4. The zero-order valence-corrected chi connectivity index (χ0v) is 16.4. The van der Waals surface area contributed by atoms with Crippen molar-refractivity contribution in [1.82, 2.24) is 0 Å². The van der Waals surface area contributed by atoms with Gasteiger partial charge in [-0.2, -0.15) is 0 Å². The van der Waals surface area contributed by atoms with Crippen molar-refractivity contribution in [2.75, 3.05) is 24.4 Å². The maximum atomic E-state index is 12.3. The third-order valence-corrected chi connectivity index (χ3v) is 4.18. The van der Waals surface area contributed by atoms with E-state index in [0.717, 1.165) is 0 Å². The zero-order valence-electron chi connectivity index (χ0n) is 15.6. The average Bonchev–Trinajstić information content (AvgIpc) is 2.73. The molecule has 2 N–H and O–H groups in total. The second kappa shape index (κ2) is 9.61. The highest BCUT2D eigenvalue weighted by Crippen LogP contribution is 2.18. The standard InChI is InChI=1S/C22H19ClN2O4/c1-28-19-11-7-17(8-12-19)25-22(27)15-5-9-20(10-6-15)29-14-21(26)24-18-4-2-3-16(23)13-18/h2-13H,14H2,1H3,(H,24,26)(H,25,27). The molecule has 0 aliphatic carbocycles. The van der Waals surface area contributed by atoms with Crippen LogP contribution in [0.1, 0.15) is 10.4 Å². The minimum Gasteiger partial charge on any atom is -0.497 e. The van der Waals surface area contributed by atoms with E-state index in [-0.39, 0.29) is 18.4 Å². The van der Waals surface area contributed by atoms with Crippen LogP contribution in [0.2, 0.25) is 5.02 Å². The van der Waals surface area contributed by atoms with Gasteiger partial charge in [-0.25, -0.2) is 0 Å². The number of carbonyl (C=O) groups excluding carboxylic acids is 2. The van der Waals surface area contributed by atoms with Crippen molar-refractivity contribution in [3.63, 3.8) is 0 Å². The van der Waals surface area contributed by atoms with Gasteiger partial charge in [-0.3, -0.25) is 9.59 Å². The Morgan fingerprint density at radius 1 is 0.862 bits per heavy atom. The van der Waals surface area contributed by atoms with Gasteiger partial charge in [0, 0.05) is 22.0 Å². The van der Waals surface area contributed by atoms with Crippen molar-refractivity contribution in [3.8, 4) is 11.5 Å². The van der Waals surface area contributed by atoms with E-state index in [1.807, 2.05) is 0 Å². The van der Waals surface area contributed by atoms with Crippen molar-refractivity contribution < 1.29 is 19.1 Å². The fourth-order valence-corrected chi connectivity index (χ4v) is 2.68. The lowest BCUT2D eigenvalue weighted by Crippen LogP contribution is -2.20. The monoisotopic (exact) mass is 410 g/mol. The number of amides is 2. The number of anilines is 2. The summed E-state index contributed by atoms with van der Waals surface area (Å²) >= 11 is 5.89. The van der Waals surface area contributed by atoms with Gasteiger partial charge < -0.3 is 20.1 Å². The molecule has 0 radical (unpaired) electrons. The number of hydrogen-bond acceptors (Lipinski definition) is 4. The normalized spacial score (nSPS) is 10.1. The van der Waals surface area contributed by atoms with Gasteiger partial charge in [-0.1, -0.05) is 17.7 Å². The summed E-state index contributed by atoms with van der Waals surface area (Å²) in [7, 11) is 1.58. The number of nitrogens with one attached hydrogen (secondary N) is 2. The SMILES string of the molecule is COc1ccc(NC(=O)c2ccc(OCC(=O)Nc3cccc(Cl)c3)cc2)cc1. The summed E-state index contributed by atoms with van der Waals surface area (Å²) in [6.45, 7) is -0.163. The molecule has 3 rings (SSSR count). The van der Waals surface area contributed by atoms with Crippen molar-refractivity contribution in [2.24, 2.45) is 0 Å². The van der Waals surface area contributed by atoms with E-state index in [1.165, 1.54) is 0 Å². The Hall–Kier alpha value is -3.51. The molecule has 0 saturated carbocycles. The second-order valence-electron chi connectivity index (χ2n) is 6.05. The first kappa shape index (κ1) is 20.2. The molecule has 0 unspecified atom stereocenters. The van der Waals surface area contributed by atoms with Gasteiger partial charge >= 0.3 is 0 Å². The van der Waals surface area contributed by atoms with Gasteiger partial charge in [-0.15, -0.1) is 0 Å². The molecule has 0 aromatic heterocycles. The summed E-state index contributed by atoms with van der Waals surface area (Å²) in [4.78, 5) is 24.3. The van der Waals surface area contributed by atoms with Crippen molar-refractivity contribution in [2.45, 2.75) is 0 Å². The molecule has 2 amide bonds. The molecule has 0 heterocycles. The Morgan fingerprint density at radius 2 is 1.55 bits per heavy atom. The highest BCUT2D eigenvalue weighted by molar-refractivity contribution is 6.30. The predicted molar refractivity (Wildman–Crippen MR) is 113 cm³/mol. The lowest BCUT2D eigenvalue weighted by atomic mass is 10.2. The van der Waals surface area contributed by atoms with E-state index in [2.05, 4.69) is 10.6 Å². The molecule has 0 saturated heterocycles. The maximum absolute atomic E-state index is 12.3. The molecule has 29 heavy (non-hydrogen) atoms. The predicted octanol–water partition coefficient (Wildman–Crippen LogP) is 4.62. The molecule has 0 aliphatic heterocycles. The fraction of sp³-hybridized carbons (Fsp3) is 0.0909. The van der Waals surface area contributed by atoms with E-state index < -0.39 is 0 Å². The Labute approximate surface area is 173 Å². The maximum Gasteiger partial charge on any atom is 0.262 e. The molecule has 3 aromatic rings. The van der Waals surface area contributed by atoms with Crippen LogP contribution in [-0.2, 0) is 4.79 Å². The molecular weight excluding hydrogens is 392 g/mol. The van der Waals surface area contributed by atoms with Crippen LogP contribution in [0.4, 0.5) is 11.4 Å². The number of rotatable bonds is 7. The Balaban J connectivity index is 1.51. The molecule has 7 heteroatoms. The van der Waals surface area contributed by atoms with Crippen LogP contribution in [0.15, 0.2) is 72.8 Å². The number of carbonyl (C=O) groups is 2. The van der Waals surface area contributed by atoms with E-state index in [0.29, 0.717) is 33.5 Å². The molecule has 0 spiro atoms. The molecule has 0 atom stereocenters. The minimum absolute atomic E-state index is 0.163. The Bertz CT molecular complexity index is 988. The molecule has 3 aromatic carbocycles. The summed E-state index contributed by atoms with van der Waals surface area (Å²) < 4.78 is 10.5. The van der Waals surface area contributed by atoms with Crippen molar-refractivity contribution >= 4 is 34.8 Å². The van der Waals surface area contributed by atoms with Crippen LogP contribution in [0.5, 0.6) is 11.5 Å². The molecule has 6 nitrogen and oxygen atoms in total. The highest BCUT2D eigenvalue weighted by Gasteiger charge is 2.08. The second-order valence-corrected chi connectivity index (χ2v) is 6.49. The largest absolute Gasteiger partial charge is 0.497 e. The summed E-state index contributed by atoms with van der Waals surface area (Å²) in [5.41, 5.74) is 1.72. The van der Waals surface area contributed by atoms with Gasteiger partial charge in [0.1, 0.15) is 11.5 Å². The van der Waals surface area contributed by atoms with Crippen LogP contribution >= 0.6 is 11.6 Å². The topological polar surface area (TPSA) is 76.7 Å². The van der Waals surface area contributed by atoms with Crippen molar-refractivity contribution in [3.05, 3.63) is 83.4 Å². The Kier molecular flexibility index (Phi) is 6.71. The van der Waals surface area contributed by atoms with Crippen LogP contribution in [0.3, 0.4) is 0 Å². The van der Waals surface area contributed by atoms with Gasteiger partial charge in [0.15, 0.2) is 6.61 Å². The quantitative estimate of drug-likeness (QED) is 0.596. The third-order valence-electron chi connectivity index (χ3n) is 3.94. The number of methoxy groups -OCH3 is 1. The Morgan fingerprint density at radius 3 is 2.21 bits per heavy atom. The van der Waals surface area contributed by atoms with E-state index in [9.17, 15) is 9.59 Å². The molecular formula is C22H19ClN2O4. The molecule has 0 fully saturated rings. The lowest BCUT2D eigenvalue weighted by Gasteiger charge is -2.09. The van der Waals surface area contributed by atoms with Crippen LogP contribution < -0.4 is 20.1 Å². The van der Waals surface area contributed by atoms with Crippen LogP contribution in [-0.4, -0.2) is 25.5 Å². The fourth-order valence-electron chi connectivity index (χ4n) is 2.49. The van der Waals surface area contributed by atoms with E-state index in [1.54, 1.807) is 79.9 Å². The van der Waals surface area contributed by atoms with Gasteiger partial charge in [0.2, 0.25) is 0 Å². The summed E-state index contributed by atoms with van der Waals surface area (Å²) in [6.07, 6.45) is 0. The molecule has 0 aliphatic rings. The average molecular weight is 411 g/mol. The van der Waals surface area contributed by atoms with Gasteiger partial charge in [-0.05, 0) is 66.7 Å². The molecule has 0 bridgehead atoms. The van der Waals surface area contributed by atoms with Gasteiger partial charge in [0.05, 0.1) is 7.11 Å². The highest BCUT2D eigenvalue weighted by atomic mass is 35.5. The number of hydrogen-bond donors (Lipinski definition) is 2. The number of halogens is 1. The molecule has 148 valence electrons. The van der Waals surface area contributed by atoms with E-state index >= 15 is 0 Å². The van der Waals surface area contributed by atoms with E-state index in [4.69, 9.17) is 21.1 Å². The van der Waals surface area contributed by atoms with Crippen LogP contribution in [0.25, 0.3) is 0 Å². The van der Waals surface area contributed by atoms with Crippen LogP contribution in [0, 0.1) is 0 Å². The number of ether oxygens (including phenoxy) is 2. The zero-order chi connectivity index (χ0) is 20.6. The number of benzene rings is 3. The smallest absolute Gasteiger partial charge is 0.262 e.